The van der Waals surface area contributed by atoms with Crippen molar-refractivity contribution >= 4 is 17.7 Å². The molecule has 0 unspecified atom stereocenters. The van der Waals surface area contributed by atoms with Crippen LogP contribution in [-0.4, -0.2) is 32.4 Å². The van der Waals surface area contributed by atoms with Crippen molar-refractivity contribution in [1.29, 1.82) is 0 Å². The monoisotopic (exact) mass is 359 g/mol. The predicted molar refractivity (Wildman–Crippen MR) is 104 cm³/mol. The zero-order valence-corrected chi connectivity index (χ0v) is 15.8. The van der Waals surface area contributed by atoms with Crippen LogP contribution in [0.5, 0.6) is 11.5 Å². The molecule has 4 nitrogen and oxygen atoms in total. The highest BCUT2D eigenvalue weighted by Gasteiger charge is 2.06. The quantitative estimate of drug-likeness (QED) is 0.743. The first-order chi connectivity index (χ1) is 12.1. The Morgan fingerprint density at radius 1 is 1.08 bits per heavy atom. The fraction of sp³-hybridized carbons (Fsp3) is 0.350. The Morgan fingerprint density at radius 2 is 1.84 bits per heavy atom. The maximum absolute atomic E-state index is 12.0. The fourth-order valence-electron chi connectivity index (χ4n) is 2.46. The lowest BCUT2D eigenvalue weighted by Gasteiger charge is -2.09. The molecule has 0 fully saturated rings. The van der Waals surface area contributed by atoms with Gasteiger partial charge in [-0.15, -0.1) is 11.8 Å². The van der Waals surface area contributed by atoms with Crippen LogP contribution < -0.4 is 14.8 Å². The van der Waals surface area contributed by atoms with Crippen LogP contribution >= 0.6 is 11.8 Å². The van der Waals surface area contributed by atoms with Crippen LogP contribution in [0.4, 0.5) is 0 Å². The number of amides is 1. The molecule has 1 N–H and O–H groups in total. The molecule has 0 radical (unpaired) electrons. The average Bonchev–Trinajstić information content (AvgIpc) is 2.62. The van der Waals surface area contributed by atoms with Gasteiger partial charge in [0.25, 0.3) is 0 Å². The largest absolute Gasteiger partial charge is 0.497 e. The fourth-order valence-corrected chi connectivity index (χ4v) is 3.30. The zero-order valence-electron chi connectivity index (χ0n) is 15.0. The van der Waals surface area contributed by atoms with Gasteiger partial charge in [0.2, 0.25) is 5.91 Å². The summed E-state index contributed by atoms with van der Waals surface area (Å²) in [4.78, 5) is 12.0. The maximum atomic E-state index is 12.0. The number of aryl methyl sites for hydroxylation is 1. The Hall–Kier alpha value is -2.14. The second kappa shape index (κ2) is 9.99. The molecule has 0 saturated carbocycles. The molecule has 2 aromatic carbocycles. The van der Waals surface area contributed by atoms with Gasteiger partial charge >= 0.3 is 0 Å². The summed E-state index contributed by atoms with van der Waals surface area (Å²) >= 11 is 1.60. The smallest absolute Gasteiger partial charge is 0.230 e. The number of carbonyl (C=O) groups excluding carboxylic acids is 1. The number of nitrogens with one attached hydrogen (secondary N) is 1. The number of ether oxygens (including phenoxy) is 2. The van der Waals surface area contributed by atoms with Crippen molar-refractivity contribution in [2.24, 2.45) is 0 Å². The number of methoxy groups -OCH3 is 2. The van der Waals surface area contributed by atoms with E-state index in [4.69, 9.17) is 9.47 Å². The van der Waals surface area contributed by atoms with Gasteiger partial charge < -0.3 is 14.8 Å². The summed E-state index contributed by atoms with van der Waals surface area (Å²) in [7, 11) is 3.32. The molecule has 0 aliphatic rings. The van der Waals surface area contributed by atoms with Gasteiger partial charge in [-0.25, -0.2) is 0 Å². The molecule has 5 heteroatoms. The first-order valence-electron chi connectivity index (χ1n) is 8.23. The highest BCUT2D eigenvalue weighted by atomic mass is 32.2. The Kier molecular flexibility index (Phi) is 7.67. The molecule has 0 spiro atoms. The van der Waals surface area contributed by atoms with Crippen molar-refractivity contribution in [3.8, 4) is 11.5 Å². The van der Waals surface area contributed by atoms with Crippen molar-refractivity contribution in [3.63, 3.8) is 0 Å². The van der Waals surface area contributed by atoms with Gasteiger partial charge in [0.1, 0.15) is 11.5 Å². The summed E-state index contributed by atoms with van der Waals surface area (Å²) in [5.74, 6) is 2.98. The topological polar surface area (TPSA) is 47.6 Å². The summed E-state index contributed by atoms with van der Waals surface area (Å²) in [5.41, 5.74) is 3.50. The highest BCUT2D eigenvalue weighted by molar-refractivity contribution is 7.99. The van der Waals surface area contributed by atoms with Gasteiger partial charge in [-0.3, -0.25) is 4.79 Å². The number of rotatable bonds is 9. The third-order valence-corrected chi connectivity index (χ3v) is 4.80. The number of benzene rings is 2. The Bertz CT molecular complexity index is 686. The molecule has 0 aliphatic carbocycles. The van der Waals surface area contributed by atoms with Gasteiger partial charge in [0, 0.05) is 17.9 Å². The minimum Gasteiger partial charge on any atom is -0.497 e. The Labute approximate surface area is 153 Å². The third-order valence-electron chi connectivity index (χ3n) is 3.82. The van der Waals surface area contributed by atoms with E-state index in [1.807, 2.05) is 36.4 Å². The SMILES string of the molecule is COc1ccc(CCNC(=O)CSCc2cc(C)ccc2OC)cc1. The Balaban J connectivity index is 1.69. The standard InChI is InChI=1S/C20H25NO3S/c1-15-4-9-19(24-3)17(12-15)13-25-14-20(22)21-11-10-16-5-7-18(23-2)8-6-16/h4-9,12H,10-11,13-14H2,1-3H3,(H,21,22). The Morgan fingerprint density at radius 3 is 2.52 bits per heavy atom. The second-order valence-electron chi connectivity index (χ2n) is 5.76. The first kappa shape index (κ1) is 19.2. The van der Waals surface area contributed by atoms with Gasteiger partial charge in [-0.1, -0.05) is 29.8 Å². The molecule has 0 bridgehead atoms. The van der Waals surface area contributed by atoms with Gasteiger partial charge in [0.05, 0.1) is 20.0 Å². The van der Waals surface area contributed by atoms with Crippen molar-refractivity contribution in [2.45, 2.75) is 19.1 Å². The lowest BCUT2D eigenvalue weighted by atomic mass is 10.1. The van der Waals surface area contributed by atoms with E-state index >= 15 is 0 Å². The van der Waals surface area contributed by atoms with E-state index in [0.29, 0.717) is 12.3 Å². The van der Waals surface area contributed by atoms with Crippen LogP contribution in [0.1, 0.15) is 16.7 Å². The van der Waals surface area contributed by atoms with Crippen molar-refractivity contribution < 1.29 is 14.3 Å². The second-order valence-corrected chi connectivity index (χ2v) is 6.74. The van der Waals surface area contributed by atoms with Crippen LogP contribution in [-0.2, 0) is 17.0 Å². The molecule has 0 aromatic heterocycles. The van der Waals surface area contributed by atoms with E-state index in [1.54, 1.807) is 26.0 Å². The molecule has 0 aliphatic heterocycles. The summed E-state index contributed by atoms with van der Waals surface area (Å²) in [6.45, 7) is 2.69. The van der Waals surface area contributed by atoms with E-state index in [2.05, 4.69) is 18.3 Å². The van der Waals surface area contributed by atoms with Crippen LogP contribution in [0, 0.1) is 6.92 Å². The van der Waals surface area contributed by atoms with Crippen LogP contribution in [0.25, 0.3) is 0 Å². The lowest BCUT2D eigenvalue weighted by Crippen LogP contribution is -2.27. The summed E-state index contributed by atoms with van der Waals surface area (Å²) < 4.78 is 10.5. The third kappa shape index (κ3) is 6.35. The van der Waals surface area contributed by atoms with Gasteiger partial charge in [-0.05, 0) is 37.1 Å². The first-order valence-corrected chi connectivity index (χ1v) is 9.38. The van der Waals surface area contributed by atoms with Crippen molar-refractivity contribution in [1.82, 2.24) is 5.32 Å². The zero-order chi connectivity index (χ0) is 18.1. The minimum absolute atomic E-state index is 0.0603. The van der Waals surface area contributed by atoms with Crippen LogP contribution in [0.15, 0.2) is 42.5 Å². The molecule has 0 atom stereocenters. The molecule has 25 heavy (non-hydrogen) atoms. The van der Waals surface area contributed by atoms with Crippen LogP contribution in [0.3, 0.4) is 0 Å². The van der Waals surface area contributed by atoms with E-state index in [0.717, 1.165) is 29.2 Å². The van der Waals surface area contributed by atoms with Crippen molar-refractivity contribution in [2.75, 3.05) is 26.5 Å². The molecule has 1 amide bonds. The van der Waals surface area contributed by atoms with E-state index in [1.165, 1.54) is 11.1 Å². The van der Waals surface area contributed by atoms with Crippen molar-refractivity contribution in [3.05, 3.63) is 59.2 Å². The number of hydrogen-bond donors (Lipinski definition) is 1. The summed E-state index contributed by atoms with van der Waals surface area (Å²) in [6.07, 6.45) is 0.812. The average molecular weight is 359 g/mol. The number of thioether (sulfide) groups is 1. The normalized spacial score (nSPS) is 10.4. The molecule has 134 valence electrons. The number of carbonyl (C=O) groups is 1. The molecule has 2 aromatic rings. The predicted octanol–water partition coefficient (Wildman–Crippen LogP) is 3.60. The van der Waals surface area contributed by atoms with E-state index in [9.17, 15) is 4.79 Å². The summed E-state index contributed by atoms with van der Waals surface area (Å²) in [6, 6.07) is 14.0. The molecular formula is C20H25NO3S. The maximum Gasteiger partial charge on any atom is 0.230 e. The molecule has 0 saturated heterocycles. The molecular weight excluding hydrogens is 334 g/mol. The van der Waals surface area contributed by atoms with Crippen LogP contribution in [0.2, 0.25) is 0 Å². The summed E-state index contributed by atoms with van der Waals surface area (Å²) in [5, 5.41) is 2.96. The number of hydrogen-bond acceptors (Lipinski definition) is 4. The minimum atomic E-state index is 0.0603. The molecule has 2 rings (SSSR count). The van der Waals surface area contributed by atoms with Gasteiger partial charge in [-0.2, -0.15) is 0 Å². The van der Waals surface area contributed by atoms with Gasteiger partial charge in [0.15, 0.2) is 0 Å². The van der Waals surface area contributed by atoms with E-state index in [-0.39, 0.29) is 5.91 Å². The molecule has 0 heterocycles. The van der Waals surface area contributed by atoms with E-state index < -0.39 is 0 Å². The highest BCUT2D eigenvalue weighted by Crippen LogP contribution is 2.24. The lowest BCUT2D eigenvalue weighted by molar-refractivity contribution is -0.118.